The number of hydrogen-bond acceptors (Lipinski definition) is 5. The Morgan fingerprint density at radius 3 is 2.80 bits per heavy atom. The number of aliphatic hydroxyl groups excluding tert-OH is 1. The van der Waals surface area contributed by atoms with Gasteiger partial charge < -0.3 is 10.4 Å². The van der Waals surface area contributed by atoms with Crippen molar-refractivity contribution in [2.75, 3.05) is 18.9 Å². The first kappa shape index (κ1) is 14.5. The highest BCUT2D eigenvalue weighted by molar-refractivity contribution is 7.99. The highest BCUT2D eigenvalue weighted by atomic mass is 32.2. The van der Waals surface area contributed by atoms with Crippen LogP contribution < -0.4 is 5.32 Å². The molecule has 2 aromatic rings. The van der Waals surface area contributed by atoms with E-state index in [1.807, 2.05) is 36.4 Å². The maximum Gasteiger partial charge on any atom is 0.230 e. The van der Waals surface area contributed by atoms with Crippen LogP contribution >= 0.6 is 11.8 Å². The fourth-order valence-corrected chi connectivity index (χ4v) is 2.22. The van der Waals surface area contributed by atoms with E-state index in [4.69, 9.17) is 5.11 Å². The number of thioether (sulfide) groups is 1. The van der Waals surface area contributed by atoms with Gasteiger partial charge in [0, 0.05) is 18.3 Å². The first-order chi connectivity index (χ1) is 9.79. The van der Waals surface area contributed by atoms with E-state index in [1.54, 1.807) is 6.20 Å². The normalized spacial score (nSPS) is 10.2. The fraction of sp³-hybridized carbons (Fsp3) is 0.214. The molecular weight excluding hydrogens is 274 g/mol. The van der Waals surface area contributed by atoms with E-state index < -0.39 is 0 Å². The summed E-state index contributed by atoms with van der Waals surface area (Å²) in [6.45, 7) is 0.209. The largest absolute Gasteiger partial charge is 0.395 e. The van der Waals surface area contributed by atoms with Gasteiger partial charge in [-0.2, -0.15) is 0 Å². The summed E-state index contributed by atoms with van der Waals surface area (Å²) < 4.78 is 0. The van der Waals surface area contributed by atoms with Crippen LogP contribution in [0.1, 0.15) is 0 Å². The Hall–Kier alpha value is -1.92. The minimum Gasteiger partial charge on any atom is -0.395 e. The van der Waals surface area contributed by atoms with E-state index >= 15 is 0 Å². The second-order valence-electron chi connectivity index (χ2n) is 3.95. The van der Waals surface area contributed by atoms with Gasteiger partial charge >= 0.3 is 0 Å². The zero-order valence-corrected chi connectivity index (χ0v) is 11.6. The lowest BCUT2D eigenvalue weighted by molar-refractivity contribution is -0.118. The Kier molecular flexibility index (Phi) is 5.52. The Labute approximate surface area is 121 Å². The van der Waals surface area contributed by atoms with Crippen molar-refractivity contribution in [1.82, 2.24) is 15.3 Å². The average Bonchev–Trinajstić information content (AvgIpc) is 2.52. The lowest BCUT2D eigenvalue weighted by Crippen LogP contribution is -2.27. The quantitative estimate of drug-likeness (QED) is 0.620. The summed E-state index contributed by atoms with van der Waals surface area (Å²) in [7, 11) is 0. The van der Waals surface area contributed by atoms with Crippen LogP contribution in [0.5, 0.6) is 0 Å². The van der Waals surface area contributed by atoms with Gasteiger partial charge in [0.05, 0.1) is 18.1 Å². The summed E-state index contributed by atoms with van der Waals surface area (Å²) in [6.07, 6.45) is 1.68. The molecule has 1 aromatic heterocycles. The second-order valence-corrected chi connectivity index (χ2v) is 4.90. The van der Waals surface area contributed by atoms with Gasteiger partial charge in [-0.25, -0.2) is 9.97 Å². The van der Waals surface area contributed by atoms with Crippen LogP contribution in [-0.2, 0) is 4.79 Å². The van der Waals surface area contributed by atoms with Crippen molar-refractivity contribution in [2.24, 2.45) is 0 Å². The molecule has 0 saturated carbocycles. The van der Waals surface area contributed by atoms with Crippen molar-refractivity contribution in [2.45, 2.75) is 5.16 Å². The number of aliphatic hydroxyl groups is 1. The van der Waals surface area contributed by atoms with Crippen molar-refractivity contribution in [3.05, 3.63) is 42.6 Å². The molecule has 0 unspecified atom stereocenters. The molecule has 5 nitrogen and oxygen atoms in total. The van der Waals surface area contributed by atoms with Crippen LogP contribution in [0.15, 0.2) is 47.8 Å². The molecule has 0 bridgehead atoms. The third-order valence-corrected chi connectivity index (χ3v) is 3.33. The molecule has 0 spiro atoms. The van der Waals surface area contributed by atoms with Crippen LogP contribution in [0, 0.1) is 0 Å². The van der Waals surface area contributed by atoms with E-state index in [0.29, 0.717) is 5.16 Å². The molecule has 0 radical (unpaired) electrons. The van der Waals surface area contributed by atoms with Crippen molar-refractivity contribution >= 4 is 17.7 Å². The summed E-state index contributed by atoms with van der Waals surface area (Å²) in [5.41, 5.74) is 1.85. The molecule has 2 N–H and O–H groups in total. The van der Waals surface area contributed by atoms with E-state index in [-0.39, 0.29) is 24.8 Å². The number of aromatic nitrogens is 2. The van der Waals surface area contributed by atoms with E-state index in [0.717, 1.165) is 11.3 Å². The molecule has 6 heteroatoms. The number of amides is 1. The number of carbonyl (C=O) groups is 1. The first-order valence-electron chi connectivity index (χ1n) is 6.18. The molecule has 0 atom stereocenters. The lowest BCUT2D eigenvalue weighted by Gasteiger charge is -2.04. The smallest absolute Gasteiger partial charge is 0.230 e. The van der Waals surface area contributed by atoms with Gasteiger partial charge in [0.25, 0.3) is 0 Å². The zero-order chi connectivity index (χ0) is 14.2. The van der Waals surface area contributed by atoms with Crippen LogP contribution in [-0.4, -0.2) is 39.9 Å². The van der Waals surface area contributed by atoms with Gasteiger partial charge in [-0.1, -0.05) is 42.1 Å². The van der Waals surface area contributed by atoms with E-state index in [2.05, 4.69) is 15.3 Å². The van der Waals surface area contributed by atoms with Crippen molar-refractivity contribution in [1.29, 1.82) is 0 Å². The van der Waals surface area contributed by atoms with Crippen molar-refractivity contribution in [3.8, 4) is 11.3 Å². The van der Waals surface area contributed by atoms with Crippen LogP contribution in [0.4, 0.5) is 0 Å². The highest BCUT2D eigenvalue weighted by Gasteiger charge is 2.06. The average molecular weight is 289 g/mol. The van der Waals surface area contributed by atoms with E-state index in [1.165, 1.54) is 11.8 Å². The Morgan fingerprint density at radius 1 is 1.25 bits per heavy atom. The molecule has 1 amide bonds. The summed E-state index contributed by atoms with van der Waals surface area (Å²) in [4.78, 5) is 20.0. The van der Waals surface area contributed by atoms with Crippen LogP contribution in [0.3, 0.4) is 0 Å². The second kappa shape index (κ2) is 7.62. The van der Waals surface area contributed by atoms with Gasteiger partial charge in [0.2, 0.25) is 5.91 Å². The van der Waals surface area contributed by atoms with Gasteiger partial charge in [-0.15, -0.1) is 0 Å². The van der Waals surface area contributed by atoms with Gasteiger partial charge in [0.15, 0.2) is 5.16 Å². The summed E-state index contributed by atoms with van der Waals surface area (Å²) in [5.74, 6) is 0.0934. The maximum absolute atomic E-state index is 11.4. The zero-order valence-electron chi connectivity index (χ0n) is 10.8. The number of rotatable bonds is 6. The molecule has 20 heavy (non-hydrogen) atoms. The molecule has 2 rings (SSSR count). The third-order valence-electron chi connectivity index (χ3n) is 2.47. The SMILES string of the molecule is O=C(CSc1nccc(-c2ccccc2)n1)NCCO. The first-order valence-corrected chi connectivity index (χ1v) is 7.17. The number of carbonyl (C=O) groups excluding carboxylic acids is 1. The van der Waals surface area contributed by atoms with Crippen molar-refractivity contribution in [3.63, 3.8) is 0 Å². The molecule has 0 aliphatic heterocycles. The van der Waals surface area contributed by atoms with Crippen LogP contribution in [0.25, 0.3) is 11.3 Å². The number of benzene rings is 1. The number of nitrogens with zero attached hydrogens (tertiary/aromatic N) is 2. The molecule has 0 saturated heterocycles. The molecule has 104 valence electrons. The van der Waals surface area contributed by atoms with Gasteiger partial charge in [-0.3, -0.25) is 4.79 Å². The molecule has 0 aliphatic rings. The monoisotopic (exact) mass is 289 g/mol. The Balaban J connectivity index is 1.98. The molecule has 1 aromatic carbocycles. The highest BCUT2D eigenvalue weighted by Crippen LogP contribution is 2.19. The Bertz CT molecular complexity index is 563. The summed E-state index contributed by atoms with van der Waals surface area (Å²) in [5, 5.41) is 11.8. The fourth-order valence-electron chi connectivity index (χ4n) is 1.56. The van der Waals surface area contributed by atoms with Gasteiger partial charge in [0.1, 0.15) is 0 Å². The maximum atomic E-state index is 11.4. The summed E-state index contributed by atoms with van der Waals surface area (Å²) in [6, 6.07) is 11.6. The molecule has 1 heterocycles. The van der Waals surface area contributed by atoms with Crippen molar-refractivity contribution < 1.29 is 9.90 Å². The van der Waals surface area contributed by atoms with Crippen LogP contribution in [0.2, 0.25) is 0 Å². The predicted molar refractivity (Wildman–Crippen MR) is 78.3 cm³/mol. The lowest BCUT2D eigenvalue weighted by atomic mass is 10.1. The standard InChI is InChI=1S/C14H15N3O2S/c18-9-8-15-13(19)10-20-14-16-7-6-12(17-14)11-4-2-1-3-5-11/h1-7,18H,8-10H2,(H,15,19). The topological polar surface area (TPSA) is 75.1 Å². The van der Waals surface area contributed by atoms with Gasteiger partial charge in [-0.05, 0) is 6.07 Å². The van der Waals surface area contributed by atoms with E-state index in [9.17, 15) is 4.79 Å². The minimum atomic E-state index is -0.141. The molecule has 0 fully saturated rings. The molecular formula is C14H15N3O2S. The minimum absolute atomic E-state index is 0.0591. The Morgan fingerprint density at radius 2 is 2.05 bits per heavy atom. The number of hydrogen-bond donors (Lipinski definition) is 2. The number of nitrogens with one attached hydrogen (secondary N) is 1. The third kappa shape index (κ3) is 4.32. The molecule has 0 aliphatic carbocycles. The summed E-state index contributed by atoms with van der Waals surface area (Å²) >= 11 is 1.27. The predicted octanol–water partition coefficient (Wildman–Crippen LogP) is 1.34.